The largest absolute Gasteiger partial charge is 0.506 e. The number of carbonyl (C=O) groups excluding carboxylic acids is 2. The van der Waals surface area contributed by atoms with Crippen LogP contribution in [0.3, 0.4) is 0 Å². The molecule has 8 heteroatoms. The van der Waals surface area contributed by atoms with Gasteiger partial charge in [-0.15, -0.1) is 23.5 Å². The Morgan fingerprint density at radius 1 is 0.960 bits per heavy atom. The van der Waals surface area contributed by atoms with Crippen LogP contribution in [0, 0.1) is 0 Å². The van der Waals surface area contributed by atoms with Gasteiger partial charge in [-0.3, -0.25) is 9.59 Å². The third-order valence-electron chi connectivity index (χ3n) is 4.95. The quantitative estimate of drug-likeness (QED) is 0.504. The van der Waals surface area contributed by atoms with Crippen molar-refractivity contribution in [1.82, 2.24) is 0 Å². The second-order valence-corrected chi connectivity index (χ2v) is 8.88. The first-order chi connectivity index (χ1) is 11.7. The van der Waals surface area contributed by atoms with Gasteiger partial charge in [0, 0.05) is 35.5 Å². The van der Waals surface area contributed by atoms with E-state index in [1.165, 1.54) is 30.4 Å². The van der Waals surface area contributed by atoms with Crippen LogP contribution >= 0.6 is 23.5 Å². The number of thioether (sulfide) groups is 2. The fraction of sp³-hybridized carbons (Fsp3) is 0.412. The Labute approximate surface area is 151 Å². The van der Waals surface area contributed by atoms with Crippen LogP contribution in [0.15, 0.2) is 20.9 Å². The molecule has 0 fully saturated rings. The van der Waals surface area contributed by atoms with Gasteiger partial charge in [-0.05, 0) is 6.92 Å². The van der Waals surface area contributed by atoms with Crippen LogP contribution in [-0.4, -0.2) is 55.2 Å². The third-order valence-corrected chi connectivity index (χ3v) is 7.53. The molecule has 2 atom stereocenters. The monoisotopic (exact) mass is 380 g/mol. The summed E-state index contributed by atoms with van der Waals surface area (Å²) in [4.78, 5) is 26.7. The number of phenols is 2. The van der Waals surface area contributed by atoms with Crippen LogP contribution < -0.4 is 0 Å². The van der Waals surface area contributed by atoms with Crippen LogP contribution in [0.2, 0.25) is 0 Å². The van der Waals surface area contributed by atoms with E-state index in [2.05, 4.69) is 0 Å². The van der Waals surface area contributed by atoms with Crippen LogP contribution in [-0.2, 0) is 0 Å². The van der Waals surface area contributed by atoms with Gasteiger partial charge < -0.3 is 20.4 Å². The fourth-order valence-electron chi connectivity index (χ4n) is 3.54. The van der Waals surface area contributed by atoms with Gasteiger partial charge in [0.1, 0.15) is 11.5 Å². The molecule has 3 aliphatic rings. The van der Waals surface area contributed by atoms with Gasteiger partial charge in [-0.1, -0.05) is 0 Å². The van der Waals surface area contributed by atoms with Gasteiger partial charge in [-0.25, -0.2) is 0 Å². The highest BCUT2D eigenvalue weighted by Crippen LogP contribution is 2.53. The zero-order valence-electron chi connectivity index (χ0n) is 13.3. The molecule has 0 bridgehead atoms. The Kier molecular flexibility index (Phi) is 3.74. The van der Waals surface area contributed by atoms with Gasteiger partial charge in [0.2, 0.25) is 0 Å². The van der Waals surface area contributed by atoms with Crippen LogP contribution in [0.25, 0.3) is 0 Å². The summed E-state index contributed by atoms with van der Waals surface area (Å²) in [6, 6.07) is 0. The number of aliphatic hydroxyl groups excluding tert-OH is 1. The van der Waals surface area contributed by atoms with Gasteiger partial charge in [-0.2, -0.15) is 0 Å². The molecule has 1 aromatic rings. The minimum Gasteiger partial charge on any atom is -0.506 e. The normalized spacial score (nSPS) is 28.5. The Balaban J connectivity index is 1.96. The number of aromatic hydroxyl groups is 2. The number of phenolic OH excluding ortho intramolecular Hbond substituents is 2. The number of hydrogen-bond donors (Lipinski definition) is 4. The minimum absolute atomic E-state index is 0.107. The molecule has 1 heterocycles. The number of hydrogen-bond acceptors (Lipinski definition) is 8. The lowest BCUT2D eigenvalue weighted by atomic mass is 9.71. The number of fused-ring (bicyclic) bond motifs is 2. The van der Waals surface area contributed by atoms with Crippen molar-refractivity contribution in [3.05, 3.63) is 22.3 Å². The first kappa shape index (κ1) is 17.0. The summed E-state index contributed by atoms with van der Waals surface area (Å²) in [6.45, 7) is 1.41. The zero-order chi connectivity index (χ0) is 18.1. The van der Waals surface area contributed by atoms with Gasteiger partial charge in [0.25, 0.3) is 0 Å². The highest BCUT2D eigenvalue weighted by molar-refractivity contribution is 8.05. The summed E-state index contributed by atoms with van der Waals surface area (Å²) in [5, 5.41) is 41.6. The maximum absolute atomic E-state index is 13.0. The Bertz CT molecular complexity index is 871. The van der Waals surface area contributed by atoms with Crippen molar-refractivity contribution in [2.24, 2.45) is 0 Å². The lowest BCUT2D eigenvalue weighted by Crippen LogP contribution is -2.46. The third kappa shape index (κ3) is 2.28. The van der Waals surface area contributed by atoms with Crippen molar-refractivity contribution in [2.75, 3.05) is 11.5 Å². The molecule has 2 aliphatic carbocycles. The molecular formula is C17H16O6S2. The van der Waals surface area contributed by atoms with E-state index in [-0.39, 0.29) is 46.6 Å². The summed E-state index contributed by atoms with van der Waals surface area (Å²) in [5.74, 6) is -0.247. The van der Waals surface area contributed by atoms with E-state index in [9.17, 15) is 30.0 Å². The van der Waals surface area contributed by atoms with Gasteiger partial charge >= 0.3 is 0 Å². The molecule has 0 amide bonds. The van der Waals surface area contributed by atoms with Crippen molar-refractivity contribution in [3.8, 4) is 11.5 Å². The van der Waals surface area contributed by atoms with E-state index in [4.69, 9.17) is 0 Å². The summed E-state index contributed by atoms with van der Waals surface area (Å²) >= 11 is 2.67. The molecule has 0 radical (unpaired) electrons. The lowest BCUT2D eigenvalue weighted by Gasteiger charge is -2.37. The summed E-state index contributed by atoms with van der Waals surface area (Å²) in [5.41, 5.74) is -1.69. The number of benzene rings is 1. The second kappa shape index (κ2) is 5.51. The van der Waals surface area contributed by atoms with Crippen molar-refractivity contribution in [2.45, 2.75) is 41.3 Å². The van der Waals surface area contributed by atoms with E-state index in [0.717, 1.165) is 11.5 Å². The molecule has 0 spiro atoms. The molecule has 2 unspecified atom stereocenters. The first-order valence-electron chi connectivity index (χ1n) is 7.83. The number of rotatable bonds is 0. The summed E-state index contributed by atoms with van der Waals surface area (Å²) in [6.07, 6.45) is -1.51. The average molecular weight is 380 g/mol. The molecule has 4 rings (SSSR count). The lowest BCUT2D eigenvalue weighted by molar-refractivity contribution is -0.0651. The molecule has 6 nitrogen and oxygen atoms in total. The van der Waals surface area contributed by atoms with Crippen molar-refractivity contribution in [1.29, 1.82) is 0 Å². The highest BCUT2D eigenvalue weighted by Gasteiger charge is 2.47. The van der Waals surface area contributed by atoms with E-state index >= 15 is 0 Å². The van der Waals surface area contributed by atoms with Gasteiger partial charge in [0.05, 0.1) is 32.6 Å². The number of carbonyl (C=O) groups is 2. The molecule has 25 heavy (non-hydrogen) atoms. The average Bonchev–Trinajstić information content (AvgIpc) is 2.57. The molecule has 4 N–H and O–H groups in total. The van der Waals surface area contributed by atoms with E-state index in [1.54, 1.807) is 0 Å². The van der Waals surface area contributed by atoms with Crippen molar-refractivity contribution in [3.63, 3.8) is 0 Å². The highest BCUT2D eigenvalue weighted by atomic mass is 32.2. The first-order valence-corrected chi connectivity index (χ1v) is 9.80. The summed E-state index contributed by atoms with van der Waals surface area (Å²) in [7, 11) is 0. The second-order valence-electron chi connectivity index (χ2n) is 6.67. The molecule has 0 saturated heterocycles. The predicted octanol–water partition coefficient (Wildman–Crippen LogP) is 1.88. The molecule has 1 aromatic carbocycles. The molecule has 132 valence electrons. The Morgan fingerprint density at radius 2 is 1.44 bits per heavy atom. The number of Topliss-reactive ketones (excluding diaryl/α,β-unsaturated/α-hetero) is 2. The zero-order valence-corrected chi connectivity index (χ0v) is 15.0. The Hall–Kier alpha value is -1.48. The van der Waals surface area contributed by atoms with E-state index in [0.29, 0.717) is 9.79 Å². The molecule has 0 saturated carbocycles. The topological polar surface area (TPSA) is 115 Å². The fourth-order valence-corrected chi connectivity index (χ4v) is 5.91. The molecular weight excluding hydrogens is 364 g/mol. The van der Waals surface area contributed by atoms with Crippen LogP contribution in [0.1, 0.15) is 40.5 Å². The van der Waals surface area contributed by atoms with Crippen molar-refractivity contribution >= 4 is 35.1 Å². The summed E-state index contributed by atoms with van der Waals surface area (Å²) < 4.78 is 0. The van der Waals surface area contributed by atoms with Crippen LogP contribution in [0.4, 0.5) is 0 Å². The van der Waals surface area contributed by atoms with Crippen LogP contribution in [0.5, 0.6) is 11.5 Å². The maximum atomic E-state index is 13.0. The number of aliphatic hydroxyl groups is 2. The predicted molar refractivity (Wildman–Crippen MR) is 92.8 cm³/mol. The van der Waals surface area contributed by atoms with Crippen molar-refractivity contribution < 1.29 is 30.0 Å². The number of ketones is 2. The molecule has 0 aromatic heterocycles. The minimum atomic E-state index is -1.53. The Morgan fingerprint density at radius 3 is 1.96 bits per heavy atom. The van der Waals surface area contributed by atoms with E-state index in [1.807, 2.05) is 0 Å². The van der Waals surface area contributed by atoms with Gasteiger partial charge in [0.15, 0.2) is 11.6 Å². The van der Waals surface area contributed by atoms with E-state index < -0.39 is 23.3 Å². The molecule has 1 aliphatic heterocycles. The smallest absolute Gasteiger partial charge is 0.194 e. The SMILES string of the molecule is CC1(O)CC2=C(CC1O)C(=O)c1c(O)c3c(c(O)c1C2=O)SCCS3. The standard InChI is InChI=1S/C17H16O6S2/c1-17(23)5-7-6(4-8(17)18)11(19)9-10(12(7)20)14(22)16-15(13(9)21)24-2-3-25-16/h8,18,21-23H,2-5H2,1H3. The maximum Gasteiger partial charge on any atom is 0.194 e.